The quantitative estimate of drug-likeness (QED) is 0.447. The van der Waals surface area contributed by atoms with E-state index in [2.05, 4.69) is 37.3 Å². The Morgan fingerprint density at radius 1 is 1.00 bits per heavy atom. The van der Waals surface area contributed by atoms with Gasteiger partial charge in [0, 0.05) is 35.9 Å². The number of nitrogens with zero attached hydrogens (tertiary/aromatic N) is 3. The highest BCUT2D eigenvalue weighted by atomic mass is 32.1. The van der Waals surface area contributed by atoms with E-state index in [1.165, 1.54) is 5.56 Å². The van der Waals surface area contributed by atoms with Gasteiger partial charge < -0.3 is 15.2 Å². The van der Waals surface area contributed by atoms with Gasteiger partial charge in [0.2, 0.25) is 0 Å². The number of aryl methyl sites for hydroxylation is 2. The average molecular weight is 432 g/mol. The summed E-state index contributed by atoms with van der Waals surface area (Å²) in [6, 6.07) is 18.1. The molecule has 0 unspecified atom stereocenters. The number of carbonyl (C=O) groups is 1. The van der Waals surface area contributed by atoms with Crippen LogP contribution in [-0.4, -0.2) is 20.6 Å². The number of hydrogen-bond acceptors (Lipinski definition) is 4. The molecule has 158 valence electrons. The van der Waals surface area contributed by atoms with E-state index in [1.54, 1.807) is 17.5 Å². The van der Waals surface area contributed by atoms with Gasteiger partial charge in [-0.05, 0) is 25.0 Å². The average Bonchev–Trinajstić information content (AvgIpc) is 3.36. The molecule has 0 radical (unpaired) electrons. The van der Waals surface area contributed by atoms with Crippen molar-refractivity contribution < 1.29 is 4.79 Å². The summed E-state index contributed by atoms with van der Waals surface area (Å²) in [5, 5.41) is 6.85. The topological polar surface area (TPSA) is 71.8 Å². The van der Waals surface area contributed by atoms with Gasteiger partial charge in [0.1, 0.15) is 10.8 Å². The zero-order chi connectivity index (χ0) is 21.6. The molecule has 0 saturated carbocycles. The van der Waals surface area contributed by atoms with Crippen LogP contribution in [-0.2, 0) is 19.6 Å². The Balaban J connectivity index is 1.30. The number of carbonyl (C=O) groups excluding carboxylic acids is 1. The van der Waals surface area contributed by atoms with Crippen molar-refractivity contribution in [3.63, 3.8) is 0 Å². The second kappa shape index (κ2) is 9.57. The van der Waals surface area contributed by atoms with Crippen molar-refractivity contribution in [3.8, 4) is 10.6 Å². The van der Waals surface area contributed by atoms with Gasteiger partial charge in [-0.25, -0.2) is 14.8 Å². The zero-order valence-corrected chi connectivity index (χ0v) is 18.4. The minimum absolute atomic E-state index is 0.190. The van der Waals surface area contributed by atoms with E-state index in [-0.39, 0.29) is 6.03 Å². The van der Waals surface area contributed by atoms with E-state index in [0.717, 1.165) is 39.1 Å². The molecule has 7 heteroatoms. The molecule has 0 aliphatic carbocycles. The summed E-state index contributed by atoms with van der Waals surface area (Å²) in [6.07, 6.45) is 3.77. The van der Waals surface area contributed by atoms with Crippen LogP contribution < -0.4 is 10.6 Å². The maximum absolute atomic E-state index is 12.3. The molecule has 2 aromatic carbocycles. The number of imidazole rings is 1. The highest BCUT2D eigenvalue weighted by molar-refractivity contribution is 7.15. The summed E-state index contributed by atoms with van der Waals surface area (Å²) in [4.78, 5) is 22.3. The molecule has 0 bridgehead atoms. The lowest BCUT2D eigenvalue weighted by Crippen LogP contribution is -2.34. The Labute approximate surface area is 186 Å². The number of rotatable bonds is 7. The molecule has 0 aliphatic rings. The summed E-state index contributed by atoms with van der Waals surface area (Å²) < 4.78 is 2.10. The fourth-order valence-corrected chi connectivity index (χ4v) is 4.31. The van der Waals surface area contributed by atoms with Gasteiger partial charge in [-0.1, -0.05) is 54.6 Å². The third kappa shape index (κ3) is 5.38. The second-order valence-corrected chi connectivity index (χ2v) is 8.44. The normalized spacial score (nSPS) is 10.8. The second-order valence-electron chi connectivity index (χ2n) is 7.35. The largest absolute Gasteiger partial charge is 0.334 e. The minimum atomic E-state index is -0.190. The van der Waals surface area contributed by atoms with Gasteiger partial charge in [-0.15, -0.1) is 11.3 Å². The molecule has 4 aromatic rings. The number of hydrogen-bond donors (Lipinski definition) is 2. The van der Waals surface area contributed by atoms with Crippen molar-refractivity contribution in [1.82, 2.24) is 25.2 Å². The molecule has 0 atom stereocenters. The third-order valence-corrected chi connectivity index (χ3v) is 6.25. The maximum Gasteiger partial charge on any atom is 0.315 e. The third-order valence-electron chi connectivity index (χ3n) is 5.04. The highest BCUT2D eigenvalue weighted by Crippen LogP contribution is 2.27. The molecule has 0 aliphatic heterocycles. The van der Waals surface area contributed by atoms with E-state index in [4.69, 9.17) is 0 Å². The zero-order valence-electron chi connectivity index (χ0n) is 17.6. The van der Waals surface area contributed by atoms with Crippen LogP contribution in [0, 0.1) is 13.8 Å². The Morgan fingerprint density at radius 2 is 1.77 bits per heavy atom. The van der Waals surface area contributed by atoms with Crippen LogP contribution in [0.5, 0.6) is 0 Å². The summed E-state index contributed by atoms with van der Waals surface area (Å²) in [6.45, 7) is 5.66. The Morgan fingerprint density at radius 3 is 2.55 bits per heavy atom. The molecule has 4 rings (SSSR count). The van der Waals surface area contributed by atoms with Gasteiger partial charge in [-0.2, -0.15) is 0 Å². The monoisotopic (exact) mass is 431 g/mol. The van der Waals surface area contributed by atoms with Crippen LogP contribution in [0.15, 0.2) is 67.0 Å². The van der Waals surface area contributed by atoms with Crippen molar-refractivity contribution >= 4 is 17.4 Å². The SMILES string of the molecule is Cc1nc(-c2ccccc2)sc1CNC(=O)NCc1cccc(Cn2ccnc2C)c1. The lowest BCUT2D eigenvalue weighted by Gasteiger charge is -2.10. The number of amides is 2. The van der Waals surface area contributed by atoms with Crippen molar-refractivity contribution in [1.29, 1.82) is 0 Å². The first-order valence-electron chi connectivity index (χ1n) is 10.2. The van der Waals surface area contributed by atoms with Crippen LogP contribution in [0.2, 0.25) is 0 Å². The lowest BCUT2D eigenvalue weighted by molar-refractivity contribution is 0.240. The first-order chi connectivity index (χ1) is 15.1. The van der Waals surface area contributed by atoms with E-state index >= 15 is 0 Å². The van der Waals surface area contributed by atoms with E-state index in [1.807, 2.05) is 62.5 Å². The maximum atomic E-state index is 12.3. The molecule has 6 nitrogen and oxygen atoms in total. The summed E-state index contributed by atoms with van der Waals surface area (Å²) in [5.41, 5.74) is 4.28. The van der Waals surface area contributed by atoms with Crippen LogP contribution in [0.1, 0.15) is 27.5 Å². The van der Waals surface area contributed by atoms with Crippen LogP contribution in [0.4, 0.5) is 4.79 Å². The van der Waals surface area contributed by atoms with E-state index < -0.39 is 0 Å². The molecule has 2 aromatic heterocycles. The minimum Gasteiger partial charge on any atom is -0.334 e. The molecule has 2 amide bonds. The standard InChI is InChI=1S/C24H25N5OS/c1-17-22(31-23(28-17)21-9-4-3-5-10-21)15-27-24(30)26-14-19-7-6-8-20(13-19)16-29-12-11-25-18(29)2/h3-13H,14-16H2,1-2H3,(H2,26,27,30). The summed E-state index contributed by atoms with van der Waals surface area (Å²) >= 11 is 1.61. The van der Waals surface area contributed by atoms with Crippen LogP contribution in [0.25, 0.3) is 10.6 Å². The van der Waals surface area contributed by atoms with Crippen molar-refractivity contribution in [2.75, 3.05) is 0 Å². The molecule has 2 N–H and O–H groups in total. The fourth-order valence-electron chi connectivity index (χ4n) is 3.31. The molecule has 0 fully saturated rings. The smallest absolute Gasteiger partial charge is 0.315 e. The predicted octanol–water partition coefficient (Wildman–Crippen LogP) is 4.67. The first kappa shape index (κ1) is 20.8. The summed E-state index contributed by atoms with van der Waals surface area (Å²) in [5.74, 6) is 0.983. The Hall–Kier alpha value is -3.45. The van der Waals surface area contributed by atoms with Crippen LogP contribution in [0.3, 0.4) is 0 Å². The van der Waals surface area contributed by atoms with E-state index in [0.29, 0.717) is 13.1 Å². The Bertz CT molecular complexity index is 1170. The number of nitrogens with one attached hydrogen (secondary N) is 2. The van der Waals surface area contributed by atoms with Gasteiger partial charge >= 0.3 is 6.03 Å². The lowest BCUT2D eigenvalue weighted by atomic mass is 10.1. The van der Waals surface area contributed by atoms with Crippen molar-refractivity contribution in [2.45, 2.75) is 33.5 Å². The molecular formula is C24H25N5OS. The Kier molecular flexibility index (Phi) is 6.43. The first-order valence-corrected chi connectivity index (χ1v) is 11.0. The molecular weight excluding hydrogens is 406 g/mol. The molecule has 31 heavy (non-hydrogen) atoms. The van der Waals surface area contributed by atoms with Crippen molar-refractivity contribution in [2.24, 2.45) is 0 Å². The van der Waals surface area contributed by atoms with Crippen molar-refractivity contribution in [3.05, 3.63) is 94.5 Å². The van der Waals surface area contributed by atoms with Gasteiger partial charge in [0.05, 0.1) is 12.2 Å². The number of aromatic nitrogens is 3. The predicted molar refractivity (Wildman–Crippen MR) is 124 cm³/mol. The molecule has 2 heterocycles. The summed E-state index contributed by atoms with van der Waals surface area (Å²) in [7, 11) is 0. The fraction of sp³-hybridized carbons (Fsp3) is 0.208. The van der Waals surface area contributed by atoms with Gasteiger partial charge in [-0.3, -0.25) is 0 Å². The number of urea groups is 1. The molecule has 0 spiro atoms. The highest BCUT2D eigenvalue weighted by Gasteiger charge is 2.10. The van der Waals surface area contributed by atoms with Gasteiger partial charge in [0.25, 0.3) is 0 Å². The number of thiazole rings is 1. The van der Waals surface area contributed by atoms with E-state index in [9.17, 15) is 4.79 Å². The van der Waals surface area contributed by atoms with Crippen LogP contribution >= 0.6 is 11.3 Å². The van der Waals surface area contributed by atoms with Gasteiger partial charge in [0.15, 0.2) is 0 Å². The number of benzene rings is 2. The molecule has 0 saturated heterocycles.